The maximum atomic E-state index is 12.2. The predicted octanol–water partition coefficient (Wildman–Crippen LogP) is 3.20. The van der Waals surface area contributed by atoms with Crippen LogP contribution in [0.4, 0.5) is 0 Å². The summed E-state index contributed by atoms with van der Waals surface area (Å²) in [6, 6.07) is 10.1. The predicted molar refractivity (Wildman–Crippen MR) is 93.0 cm³/mol. The third-order valence-electron chi connectivity index (χ3n) is 4.01. The minimum Gasteiger partial charge on any atom is -0.346 e. The number of hydrogen-bond donors (Lipinski definition) is 1. The van der Waals surface area contributed by atoms with Crippen LogP contribution in [0, 0.1) is 0 Å². The van der Waals surface area contributed by atoms with Crippen molar-refractivity contribution in [1.29, 1.82) is 0 Å². The molecule has 0 atom stereocenters. The fourth-order valence-electron chi connectivity index (χ4n) is 2.53. The van der Waals surface area contributed by atoms with E-state index < -0.39 is 0 Å². The first kappa shape index (κ1) is 15.1. The molecular weight excluding hydrogens is 320 g/mol. The second kappa shape index (κ2) is 6.57. The van der Waals surface area contributed by atoms with Gasteiger partial charge in [0, 0.05) is 17.5 Å². The third-order valence-corrected chi connectivity index (χ3v) is 5.07. The lowest BCUT2D eigenvalue weighted by Gasteiger charge is -2.02. The summed E-state index contributed by atoms with van der Waals surface area (Å²) in [6.45, 7) is 1.12. The van der Waals surface area contributed by atoms with Gasteiger partial charge in [-0.15, -0.1) is 11.3 Å². The van der Waals surface area contributed by atoms with Gasteiger partial charge in [-0.1, -0.05) is 30.3 Å². The molecule has 0 spiro atoms. The van der Waals surface area contributed by atoms with Crippen LogP contribution in [0.15, 0.2) is 48.1 Å². The van der Waals surface area contributed by atoms with Gasteiger partial charge in [0.05, 0.1) is 35.6 Å². The van der Waals surface area contributed by atoms with Crippen LogP contribution in [0.1, 0.15) is 45.4 Å². The summed E-state index contributed by atoms with van der Waals surface area (Å²) in [4.78, 5) is 16.8. The molecule has 3 aromatic rings. The van der Waals surface area contributed by atoms with Gasteiger partial charge in [-0.25, -0.2) is 4.98 Å². The Morgan fingerprint density at radius 1 is 1.29 bits per heavy atom. The number of hydrogen-bond acceptors (Lipinski definition) is 4. The van der Waals surface area contributed by atoms with Crippen molar-refractivity contribution in [1.82, 2.24) is 20.1 Å². The van der Waals surface area contributed by atoms with E-state index in [1.54, 1.807) is 28.4 Å². The van der Waals surface area contributed by atoms with Crippen LogP contribution in [-0.4, -0.2) is 20.7 Å². The van der Waals surface area contributed by atoms with Gasteiger partial charge < -0.3 is 5.32 Å². The molecule has 0 unspecified atom stereocenters. The SMILES string of the molecule is O=C(NCc1csc(C2CC2)n1)c1cnn(Cc2ccccc2)c1. The zero-order chi connectivity index (χ0) is 16.4. The van der Waals surface area contributed by atoms with Crippen LogP contribution < -0.4 is 5.32 Å². The normalized spacial score (nSPS) is 13.8. The number of amides is 1. The Morgan fingerprint density at radius 2 is 2.12 bits per heavy atom. The number of nitrogens with one attached hydrogen (secondary N) is 1. The van der Waals surface area contributed by atoms with Crippen molar-refractivity contribution in [3.8, 4) is 0 Å². The van der Waals surface area contributed by atoms with Crippen molar-refractivity contribution in [2.24, 2.45) is 0 Å². The summed E-state index contributed by atoms with van der Waals surface area (Å²) >= 11 is 1.69. The highest BCUT2D eigenvalue weighted by atomic mass is 32.1. The van der Waals surface area contributed by atoms with Crippen molar-refractivity contribution in [3.63, 3.8) is 0 Å². The average molecular weight is 338 g/mol. The van der Waals surface area contributed by atoms with Crippen LogP contribution >= 0.6 is 11.3 Å². The Labute approximate surface area is 144 Å². The molecule has 2 aromatic heterocycles. The molecule has 4 rings (SSSR count). The molecule has 24 heavy (non-hydrogen) atoms. The molecule has 5 nitrogen and oxygen atoms in total. The van der Waals surface area contributed by atoms with Gasteiger partial charge in [-0.3, -0.25) is 9.48 Å². The number of carbonyl (C=O) groups is 1. The van der Waals surface area contributed by atoms with E-state index in [1.807, 2.05) is 35.7 Å². The van der Waals surface area contributed by atoms with Gasteiger partial charge in [0.1, 0.15) is 0 Å². The second-order valence-corrected chi connectivity index (χ2v) is 6.94. The Hall–Kier alpha value is -2.47. The topological polar surface area (TPSA) is 59.8 Å². The molecule has 1 aliphatic rings. The minimum atomic E-state index is -0.115. The van der Waals surface area contributed by atoms with E-state index in [0.717, 1.165) is 11.3 Å². The lowest BCUT2D eigenvalue weighted by molar-refractivity contribution is 0.0950. The maximum Gasteiger partial charge on any atom is 0.254 e. The van der Waals surface area contributed by atoms with Crippen LogP contribution in [0.25, 0.3) is 0 Å². The first-order chi connectivity index (χ1) is 11.8. The van der Waals surface area contributed by atoms with Crippen molar-refractivity contribution in [2.45, 2.75) is 31.8 Å². The lowest BCUT2D eigenvalue weighted by Crippen LogP contribution is -2.22. The summed E-state index contributed by atoms with van der Waals surface area (Å²) in [5, 5.41) is 10.4. The summed E-state index contributed by atoms with van der Waals surface area (Å²) in [5.74, 6) is 0.547. The molecular formula is C18H18N4OS. The average Bonchev–Trinajstić information content (AvgIpc) is 3.17. The van der Waals surface area contributed by atoms with Crippen molar-refractivity contribution in [3.05, 3.63) is 69.9 Å². The summed E-state index contributed by atoms with van der Waals surface area (Å²) in [7, 11) is 0. The summed E-state index contributed by atoms with van der Waals surface area (Å²) in [5.41, 5.74) is 2.66. The largest absolute Gasteiger partial charge is 0.346 e. The molecule has 0 radical (unpaired) electrons. The number of aromatic nitrogens is 3. The van der Waals surface area contributed by atoms with E-state index in [9.17, 15) is 4.79 Å². The van der Waals surface area contributed by atoms with Crippen molar-refractivity contribution >= 4 is 17.2 Å². The fraction of sp³-hybridized carbons (Fsp3) is 0.278. The molecule has 1 fully saturated rings. The summed E-state index contributed by atoms with van der Waals surface area (Å²) < 4.78 is 1.78. The van der Waals surface area contributed by atoms with E-state index in [-0.39, 0.29) is 5.91 Å². The van der Waals surface area contributed by atoms with Gasteiger partial charge >= 0.3 is 0 Å². The molecule has 122 valence electrons. The van der Waals surface area contributed by atoms with Crippen LogP contribution in [-0.2, 0) is 13.1 Å². The number of nitrogens with zero attached hydrogens (tertiary/aromatic N) is 3. The quantitative estimate of drug-likeness (QED) is 0.751. The Kier molecular flexibility index (Phi) is 4.13. The van der Waals surface area contributed by atoms with Crippen molar-refractivity contribution in [2.75, 3.05) is 0 Å². The van der Waals surface area contributed by atoms with Gasteiger partial charge in [0.15, 0.2) is 0 Å². The van der Waals surface area contributed by atoms with Gasteiger partial charge in [-0.05, 0) is 18.4 Å². The second-order valence-electron chi connectivity index (χ2n) is 6.05. The highest BCUT2D eigenvalue weighted by molar-refractivity contribution is 7.09. The number of carbonyl (C=O) groups excluding carboxylic acids is 1. The molecule has 1 saturated carbocycles. The zero-order valence-corrected chi connectivity index (χ0v) is 14.0. The van der Waals surface area contributed by atoms with E-state index >= 15 is 0 Å². The molecule has 2 heterocycles. The monoisotopic (exact) mass is 338 g/mol. The smallest absolute Gasteiger partial charge is 0.254 e. The Morgan fingerprint density at radius 3 is 2.92 bits per heavy atom. The van der Waals surface area contributed by atoms with E-state index in [2.05, 4.69) is 15.4 Å². The van der Waals surface area contributed by atoms with Crippen molar-refractivity contribution < 1.29 is 4.79 Å². The fourth-order valence-corrected chi connectivity index (χ4v) is 3.52. The molecule has 0 bridgehead atoms. The molecule has 0 saturated heterocycles. The first-order valence-electron chi connectivity index (χ1n) is 8.07. The number of rotatable bonds is 6. The molecule has 1 N–H and O–H groups in total. The Bertz CT molecular complexity index is 836. The molecule has 6 heteroatoms. The minimum absolute atomic E-state index is 0.115. The number of benzene rings is 1. The molecule has 1 aromatic carbocycles. The highest BCUT2D eigenvalue weighted by Crippen LogP contribution is 2.41. The standard InChI is InChI=1S/C18H18N4OS/c23-17(19-9-16-12-24-18(21-16)14-6-7-14)15-8-20-22(11-15)10-13-4-2-1-3-5-13/h1-5,8,11-12,14H,6-7,9-10H2,(H,19,23). The van der Waals surface area contributed by atoms with Crippen LogP contribution in [0.2, 0.25) is 0 Å². The maximum absolute atomic E-state index is 12.2. The summed E-state index contributed by atoms with van der Waals surface area (Å²) in [6.07, 6.45) is 5.88. The lowest BCUT2D eigenvalue weighted by atomic mass is 10.2. The van der Waals surface area contributed by atoms with Crippen LogP contribution in [0.3, 0.4) is 0 Å². The molecule has 1 aliphatic carbocycles. The first-order valence-corrected chi connectivity index (χ1v) is 8.95. The van der Waals surface area contributed by atoms with E-state index in [0.29, 0.717) is 24.6 Å². The van der Waals surface area contributed by atoms with E-state index in [1.165, 1.54) is 17.8 Å². The van der Waals surface area contributed by atoms with Gasteiger partial charge in [-0.2, -0.15) is 5.10 Å². The Balaban J connectivity index is 1.34. The van der Waals surface area contributed by atoms with Gasteiger partial charge in [0.2, 0.25) is 0 Å². The zero-order valence-electron chi connectivity index (χ0n) is 13.2. The highest BCUT2D eigenvalue weighted by Gasteiger charge is 2.26. The third kappa shape index (κ3) is 3.54. The van der Waals surface area contributed by atoms with Gasteiger partial charge in [0.25, 0.3) is 5.91 Å². The van der Waals surface area contributed by atoms with Crippen LogP contribution in [0.5, 0.6) is 0 Å². The molecule has 1 amide bonds. The molecule has 0 aliphatic heterocycles. The van der Waals surface area contributed by atoms with E-state index in [4.69, 9.17) is 0 Å². The number of thiazole rings is 1.